The Labute approximate surface area is 181 Å². The van der Waals surface area contributed by atoms with E-state index in [1.165, 1.54) is 4.70 Å². The summed E-state index contributed by atoms with van der Waals surface area (Å²) in [6.07, 6.45) is 0. The van der Waals surface area contributed by atoms with Gasteiger partial charge in [0.15, 0.2) is 10.3 Å². The van der Waals surface area contributed by atoms with Crippen LogP contribution in [0.25, 0.3) is 20.4 Å². The van der Waals surface area contributed by atoms with Crippen LogP contribution in [-0.4, -0.2) is 36.1 Å². The molecule has 28 heavy (non-hydrogen) atoms. The molecule has 3 heterocycles. The Morgan fingerprint density at radius 2 is 1.43 bits per heavy atom. The van der Waals surface area contributed by atoms with E-state index in [9.17, 15) is 0 Å². The molecule has 1 saturated heterocycles. The molecule has 0 bridgehead atoms. The maximum Gasteiger partial charge on any atom is 0.186 e. The summed E-state index contributed by atoms with van der Waals surface area (Å²) in [5.74, 6) is 0. The van der Waals surface area contributed by atoms with Crippen LogP contribution in [0.5, 0.6) is 0 Å². The number of hydrogen-bond donors (Lipinski definition) is 0. The number of nitrogens with zero attached hydrogens (tertiary/aromatic N) is 4. The van der Waals surface area contributed by atoms with Gasteiger partial charge in [-0.15, -0.1) is 0 Å². The molecule has 1 fully saturated rings. The van der Waals surface area contributed by atoms with Gasteiger partial charge in [-0.25, -0.2) is 9.97 Å². The van der Waals surface area contributed by atoms with Gasteiger partial charge in [0.1, 0.15) is 0 Å². The average Bonchev–Trinajstić information content (AvgIpc) is 3.30. The molecule has 1 aliphatic heterocycles. The maximum atomic E-state index is 6.25. The molecule has 0 unspecified atom stereocenters. The van der Waals surface area contributed by atoms with Crippen LogP contribution in [0.2, 0.25) is 10.0 Å². The first-order valence-corrected chi connectivity index (χ1v) is 11.5. The van der Waals surface area contributed by atoms with Crippen LogP contribution in [0.3, 0.4) is 0 Å². The van der Waals surface area contributed by atoms with Crippen molar-refractivity contribution in [1.29, 1.82) is 0 Å². The van der Waals surface area contributed by atoms with E-state index in [2.05, 4.69) is 22.8 Å². The molecule has 0 aliphatic carbocycles. The second kappa shape index (κ2) is 7.02. The van der Waals surface area contributed by atoms with Crippen molar-refractivity contribution in [2.75, 3.05) is 36.0 Å². The van der Waals surface area contributed by atoms with Crippen LogP contribution >= 0.6 is 45.9 Å². The molecule has 8 heteroatoms. The fourth-order valence-corrected chi connectivity index (χ4v) is 6.29. The Bertz CT molecular complexity index is 1180. The number of piperazine rings is 1. The molecular weight excluding hydrogens is 431 g/mol. The first-order chi connectivity index (χ1) is 13.5. The van der Waals surface area contributed by atoms with E-state index in [4.69, 9.17) is 33.2 Å². The van der Waals surface area contributed by atoms with E-state index in [1.807, 2.05) is 25.1 Å². The van der Waals surface area contributed by atoms with Gasteiger partial charge >= 0.3 is 0 Å². The quantitative estimate of drug-likeness (QED) is 0.367. The summed E-state index contributed by atoms with van der Waals surface area (Å²) in [6.45, 7) is 7.83. The van der Waals surface area contributed by atoms with Gasteiger partial charge in [-0.05, 0) is 49.2 Å². The SMILES string of the molecule is Cc1cc(Cl)cc2sc(N3CCN(c4nc5c(C)c(Cl)ccc5s4)CC3)nc12. The number of halogens is 2. The zero-order valence-corrected chi connectivity index (χ0v) is 18.6. The molecule has 2 aromatic carbocycles. The number of benzene rings is 2. The van der Waals surface area contributed by atoms with E-state index >= 15 is 0 Å². The third-order valence-corrected chi connectivity index (χ3v) is 7.97. The highest BCUT2D eigenvalue weighted by Crippen LogP contribution is 2.36. The molecule has 0 amide bonds. The zero-order valence-electron chi connectivity index (χ0n) is 15.5. The number of hydrogen-bond acceptors (Lipinski definition) is 6. The number of fused-ring (bicyclic) bond motifs is 2. The highest BCUT2D eigenvalue weighted by atomic mass is 35.5. The molecule has 0 N–H and O–H groups in total. The topological polar surface area (TPSA) is 32.3 Å². The van der Waals surface area contributed by atoms with Crippen molar-refractivity contribution in [3.05, 3.63) is 45.4 Å². The molecule has 4 nitrogen and oxygen atoms in total. The van der Waals surface area contributed by atoms with Gasteiger partial charge in [0, 0.05) is 36.2 Å². The summed E-state index contributed by atoms with van der Waals surface area (Å²) in [5.41, 5.74) is 4.27. The first kappa shape index (κ1) is 18.4. The van der Waals surface area contributed by atoms with Gasteiger partial charge in [-0.1, -0.05) is 45.9 Å². The standard InChI is InChI=1S/C20H18Cl2N4S2/c1-11-9-13(21)10-16-17(11)23-19(28-16)25-5-7-26(8-6-25)20-24-18-12(2)14(22)3-4-15(18)27-20/h3-4,9-10H,5-8H2,1-2H3. The molecule has 2 aromatic heterocycles. The second-order valence-electron chi connectivity index (χ2n) is 7.06. The molecular formula is C20H18Cl2N4S2. The molecule has 1 aliphatic rings. The lowest BCUT2D eigenvalue weighted by molar-refractivity contribution is 0.651. The lowest BCUT2D eigenvalue weighted by Crippen LogP contribution is -2.46. The van der Waals surface area contributed by atoms with E-state index in [0.717, 1.165) is 73.3 Å². The third-order valence-electron chi connectivity index (χ3n) is 5.20. The molecule has 4 aromatic rings. The van der Waals surface area contributed by atoms with Crippen molar-refractivity contribution in [3.63, 3.8) is 0 Å². The van der Waals surface area contributed by atoms with Gasteiger partial charge in [0.25, 0.3) is 0 Å². The van der Waals surface area contributed by atoms with Gasteiger partial charge in [-0.3, -0.25) is 0 Å². The molecule has 0 atom stereocenters. The molecule has 0 radical (unpaired) electrons. The Hall–Kier alpha value is -1.60. The highest BCUT2D eigenvalue weighted by molar-refractivity contribution is 7.22. The number of aryl methyl sites for hydroxylation is 2. The number of thiazole rings is 2. The Morgan fingerprint density at radius 3 is 2.11 bits per heavy atom. The maximum absolute atomic E-state index is 6.25. The van der Waals surface area contributed by atoms with Crippen molar-refractivity contribution in [1.82, 2.24) is 9.97 Å². The smallest absolute Gasteiger partial charge is 0.186 e. The second-order valence-corrected chi connectivity index (χ2v) is 9.92. The normalized spacial score (nSPS) is 15.1. The van der Waals surface area contributed by atoms with E-state index < -0.39 is 0 Å². The predicted octanol–water partition coefficient (Wildman–Crippen LogP) is 6.16. The van der Waals surface area contributed by atoms with Crippen LogP contribution in [0, 0.1) is 13.8 Å². The molecule has 0 saturated carbocycles. The van der Waals surface area contributed by atoms with Crippen molar-refractivity contribution in [2.45, 2.75) is 13.8 Å². The number of aromatic nitrogens is 2. The van der Waals surface area contributed by atoms with Crippen molar-refractivity contribution < 1.29 is 0 Å². The lowest BCUT2D eigenvalue weighted by Gasteiger charge is -2.34. The fourth-order valence-electron chi connectivity index (χ4n) is 3.59. The van der Waals surface area contributed by atoms with Crippen molar-refractivity contribution in [2.24, 2.45) is 0 Å². The van der Waals surface area contributed by atoms with Crippen LogP contribution in [0.4, 0.5) is 10.3 Å². The van der Waals surface area contributed by atoms with Gasteiger partial charge in [0.2, 0.25) is 0 Å². The minimum Gasteiger partial charge on any atom is -0.345 e. The Balaban J connectivity index is 1.36. The van der Waals surface area contributed by atoms with Gasteiger partial charge in [0.05, 0.1) is 20.4 Å². The summed E-state index contributed by atoms with van der Waals surface area (Å²) in [4.78, 5) is 14.5. The summed E-state index contributed by atoms with van der Waals surface area (Å²) in [7, 11) is 0. The Kier molecular flexibility index (Phi) is 4.62. The van der Waals surface area contributed by atoms with E-state index in [-0.39, 0.29) is 0 Å². The fraction of sp³-hybridized carbons (Fsp3) is 0.300. The minimum atomic E-state index is 0.774. The van der Waals surface area contributed by atoms with Crippen LogP contribution in [-0.2, 0) is 0 Å². The largest absolute Gasteiger partial charge is 0.345 e. The van der Waals surface area contributed by atoms with Crippen LogP contribution < -0.4 is 9.80 Å². The van der Waals surface area contributed by atoms with Crippen molar-refractivity contribution in [3.8, 4) is 0 Å². The average molecular weight is 449 g/mol. The van der Waals surface area contributed by atoms with Crippen LogP contribution in [0.15, 0.2) is 24.3 Å². The molecule has 0 spiro atoms. The minimum absolute atomic E-state index is 0.774. The summed E-state index contributed by atoms with van der Waals surface area (Å²) in [6, 6.07) is 8.01. The molecule has 144 valence electrons. The highest BCUT2D eigenvalue weighted by Gasteiger charge is 2.23. The van der Waals surface area contributed by atoms with E-state index in [0.29, 0.717) is 0 Å². The zero-order chi connectivity index (χ0) is 19.4. The van der Waals surface area contributed by atoms with Gasteiger partial charge < -0.3 is 9.80 Å². The van der Waals surface area contributed by atoms with Gasteiger partial charge in [-0.2, -0.15) is 0 Å². The Morgan fingerprint density at radius 1 is 0.821 bits per heavy atom. The summed E-state index contributed by atoms with van der Waals surface area (Å²) >= 11 is 15.9. The monoisotopic (exact) mass is 448 g/mol. The van der Waals surface area contributed by atoms with Crippen molar-refractivity contribution >= 4 is 76.6 Å². The van der Waals surface area contributed by atoms with E-state index in [1.54, 1.807) is 22.7 Å². The summed E-state index contributed by atoms with van der Waals surface area (Å²) < 4.78 is 2.35. The molecule has 5 rings (SSSR count). The predicted molar refractivity (Wildman–Crippen MR) is 123 cm³/mol. The first-order valence-electron chi connectivity index (χ1n) is 9.12. The number of anilines is 2. The third kappa shape index (κ3) is 3.12. The number of rotatable bonds is 2. The summed E-state index contributed by atoms with van der Waals surface area (Å²) in [5, 5.41) is 3.70. The lowest BCUT2D eigenvalue weighted by atomic mass is 10.2. The van der Waals surface area contributed by atoms with Crippen LogP contribution in [0.1, 0.15) is 11.1 Å².